The number of carbonyl (C=O) groups excluding carboxylic acids is 2. The SMILES string of the molecule is O=C(NC1CCN(c2ccccc2C(=O)N2CCCC2)CC1)c1ccc(Cl)cc1Cl. The molecule has 30 heavy (non-hydrogen) atoms. The standard InChI is InChI=1S/C23H25Cl2N3O2/c24-16-7-8-18(20(25)15-16)22(29)26-17-9-13-27(14-10-17)21-6-2-1-5-19(21)23(30)28-11-3-4-12-28/h1-2,5-8,15,17H,3-4,9-14H2,(H,26,29). The van der Waals surface area contributed by atoms with Crippen LogP contribution >= 0.6 is 23.2 Å². The van der Waals surface area contributed by atoms with Crippen LogP contribution in [-0.4, -0.2) is 48.9 Å². The van der Waals surface area contributed by atoms with E-state index in [2.05, 4.69) is 10.2 Å². The molecule has 7 heteroatoms. The summed E-state index contributed by atoms with van der Waals surface area (Å²) in [4.78, 5) is 29.7. The van der Waals surface area contributed by atoms with E-state index in [-0.39, 0.29) is 17.9 Å². The third-order valence-corrected chi connectivity index (χ3v) is 6.42. The van der Waals surface area contributed by atoms with E-state index >= 15 is 0 Å². The molecule has 2 aromatic carbocycles. The Labute approximate surface area is 186 Å². The predicted octanol–water partition coefficient (Wildman–Crippen LogP) is 4.63. The predicted molar refractivity (Wildman–Crippen MR) is 121 cm³/mol. The lowest BCUT2D eigenvalue weighted by Gasteiger charge is -2.35. The van der Waals surface area contributed by atoms with Crippen LogP contribution in [-0.2, 0) is 0 Å². The van der Waals surface area contributed by atoms with Crippen LogP contribution in [0.15, 0.2) is 42.5 Å². The highest BCUT2D eigenvalue weighted by Gasteiger charge is 2.27. The molecule has 2 saturated heterocycles. The first kappa shape index (κ1) is 21.0. The van der Waals surface area contributed by atoms with E-state index in [9.17, 15) is 9.59 Å². The second kappa shape index (κ2) is 9.27. The number of benzene rings is 2. The quantitative estimate of drug-likeness (QED) is 0.746. The molecule has 0 saturated carbocycles. The number of amides is 2. The average molecular weight is 446 g/mol. The molecule has 2 fully saturated rings. The van der Waals surface area contributed by atoms with Gasteiger partial charge in [0, 0.05) is 42.9 Å². The topological polar surface area (TPSA) is 52.7 Å². The van der Waals surface area contributed by atoms with Gasteiger partial charge < -0.3 is 15.1 Å². The van der Waals surface area contributed by atoms with Gasteiger partial charge in [0.15, 0.2) is 0 Å². The van der Waals surface area contributed by atoms with E-state index in [1.165, 1.54) is 0 Å². The molecule has 1 N–H and O–H groups in total. The Kier molecular flexibility index (Phi) is 6.49. The first-order valence-corrected chi connectivity index (χ1v) is 11.2. The van der Waals surface area contributed by atoms with E-state index < -0.39 is 0 Å². The molecular weight excluding hydrogens is 421 g/mol. The molecule has 2 heterocycles. The Bertz CT molecular complexity index is 936. The number of piperidine rings is 1. The lowest BCUT2D eigenvalue weighted by atomic mass is 10.0. The van der Waals surface area contributed by atoms with Crippen LogP contribution in [0, 0.1) is 0 Å². The van der Waals surface area contributed by atoms with Crippen molar-refractivity contribution in [1.29, 1.82) is 0 Å². The fourth-order valence-corrected chi connectivity index (χ4v) is 4.72. The van der Waals surface area contributed by atoms with E-state index in [0.717, 1.165) is 63.1 Å². The normalized spacial score (nSPS) is 17.3. The average Bonchev–Trinajstić information content (AvgIpc) is 3.29. The summed E-state index contributed by atoms with van der Waals surface area (Å²) in [5.41, 5.74) is 2.19. The largest absolute Gasteiger partial charge is 0.371 e. The Balaban J connectivity index is 1.39. The molecule has 0 unspecified atom stereocenters. The van der Waals surface area contributed by atoms with Crippen molar-refractivity contribution >= 4 is 40.7 Å². The minimum absolute atomic E-state index is 0.0712. The molecule has 5 nitrogen and oxygen atoms in total. The van der Waals surface area contributed by atoms with Crippen molar-refractivity contribution in [3.8, 4) is 0 Å². The highest BCUT2D eigenvalue weighted by atomic mass is 35.5. The number of hydrogen-bond acceptors (Lipinski definition) is 3. The van der Waals surface area contributed by atoms with Gasteiger partial charge in [0.05, 0.1) is 16.1 Å². The molecule has 158 valence electrons. The third-order valence-electron chi connectivity index (χ3n) is 5.87. The van der Waals surface area contributed by atoms with Gasteiger partial charge in [-0.15, -0.1) is 0 Å². The highest BCUT2D eigenvalue weighted by Crippen LogP contribution is 2.27. The van der Waals surface area contributed by atoms with E-state index in [4.69, 9.17) is 23.2 Å². The molecule has 2 aliphatic heterocycles. The van der Waals surface area contributed by atoms with E-state index in [1.807, 2.05) is 29.2 Å². The van der Waals surface area contributed by atoms with Crippen LogP contribution in [0.3, 0.4) is 0 Å². The summed E-state index contributed by atoms with van der Waals surface area (Å²) in [5.74, 6) is -0.0596. The van der Waals surface area contributed by atoms with Gasteiger partial charge in [0.1, 0.15) is 0 Å². The lowest BCUT2D eigenvalue weighted by molar-refractivity contribution is 0.0793. The summed E-state index contributed by atoms with van der Waals surface area (Å²) in [6, 6.07) is 12.8. The zero-order valence-electron chi connectivity index (χ0n) is 16.7. The first-order chi connectivity index (χ1) is 14.5. The van der Waals surface area contributed by atoms with Crippen LogP contribution in [0.5, 0.6) is 0 Å². The summed E-state index contributed by atoms with van der Waals surface area (Å²) in [6.45, 7) is 3.25. The molecule has 4 rings (SSSR count). The molecule has 2 aliphatic rings. The van der Waals surface area contributed by atoms with Crippen molar-refractivity contribution in [2.75, 3.05) is 31.1 Å². The highest BCUT2D eigenvalue weighted by molar-refractivity contribution is 6.36. The smallest absolute Gasteiger partial charge is 0.255 e. The van der Waals surface area contributed by atoms with Gasteiger partial charge in [-0.1, -0.05) is 35.3 Å². The van der Waals surface area contributed by atoms with Crippen molar-refractivity contribution in [1.82, 2.24) is 10.2 Å². The van der Waals surface area contributed by atoms with Crippen molar-refractivity contribution in [2.24, 2.45) is 0 Å². The third kappa shape index (κ3) is 4.57. The van der Waals surface area contributed by atoms with Gasteiger partial charge in [-0.25, -0.2) is 0 Å². The van der Waals surface area contributed by atoms with Crippen LogP contribution < -0.4 is 10.2 Å². The van der Waals surface area contributed by atoms with Gasteiger partial charge in [0.25, 0.3) is 11.8 Å². The summed E-state index contributed by atoms with van der Waals surface area (Å²) >= 11 is 12.1. The van der Waals surface area contributed by atoms with Gasteiger partial charge in [-0.2, -0.15) is 0 Å². The van der Waals surface area contributed by atoms with Gasteiger partial charge in [-0.05, 0) is 56.0 Å². The first-order valence-electron chi connectivity index (χ1n) is 10.4. The number of likely N-dealkylation sites (tertiary alicyclic amines) is 1. The van der Waals surface area contributed by atoms with Crippen molar-refractivity contribution in [3.05, 3.63) is 63.6 Å². The van der Waals surface area contributed by atoms with Crippen LogP contribution in [0.4, 0.5) is 5.69 Å². The number of para-hydroxylation sites is 1. The minimum atomic E-state index is -0.181. The van der Waals surface area contributed by atoms with Gasteiger partial charge >= 0.3 is 0 Å². The molecule has 0 aliphatic carbocycles. The number of carbonyl (C=O) groups is 2. The molecule has 2 amide bonds. The molecule has 2 aromatic rings. The second-order valence-corrected chi connectivity index (χ2v) is 8.72. The number of halogens is 2. The van der Waals surface area contributed by atoms with Gasteiger partial charge in [0.2, 0.25) is 0 Å². The van der Waals surface area contributed by atoms with Crippen LogP contribution in [0.1, 0.15) is 46.4 Å². The maximum atomic E-state index is 13.0. The summed E-state index contributed by atoms with van der Waals surface area (Å²) in [6.07, 6.45) is 3.78. The molecule has 0 radical (unpaired) electrons. The van der Waals surface area contributed by atoms with Crippen LogP contribution in [0.2, 0.25) is 10.0 Å². The number of nitrogens with zero attached hydrogens (tertiary/aromatic N) is 2. The summed E-state index contributed by atoms with van der Waals surface area (Å²) in [5, 5.41) is 3.94. The maximum absolute atomic E-state index is 13.0. The number of nitrogens with one attached hydrogen (secondary N) is 1. The van der Waals surface area contributed by atoms with Gasteiger partial charge in [-0.3, -0.25) is 9.59 Å². The summed E-state index contributed by atoms with van der Waals surface area (Å²) < 4.78 is 0. The van der Waals surface area contributed by atoms with Crippen molar-refractivity contribution in [3.63, 3.8) is 0 Å². The Morgan fingerprint density at radius 1 is 0.900 bits per heavy atom. The summed E-state index contributed by atoms with van der Waals surface area (Å²) in [7, 11) is 0. The zero-order valence-corrected chi connectivity index (χ0v) is 18.3. The Hall–Kier alpha value is -2.24. The molecule has 0 atom stereocenters. The minimum Gasteiger partial charge on any atom is -0.371 e. The lowest BCUT2D eigenvalue weighted by Crippen LogP contribution is -2.45. The fraction of sp³-hybridized carbons (Fsp3) is 0.391. The fourth-order valence-electron chi connectivity index (χ4n) is 4.22. The van der Waals surface area contributed by atoms with E-state index in [1.54, 1.807) is 18.2 Å². The van der Waals surface area contributed by atoms with Crippen LogP contribution in [0.25, 0.3) is 0 Å². The molecule has 0 spiro atoms. The Morgan fingerprint density at radius 3 is 2.30 bits per heavy atom. The second-order valence-electron chi connectivity index (χ2n) is 7.88. The van der Waals surface area contributed by atoms with Crippen molar-refractivity contribution < 1.29 is 9.59 Å². The Morgan fingerprint density at radius 2 is 1.60 bits per heavy atom. The maximum Gasteiger partial charge on any atom is 0.255 e. The number of rotatable bonds is 4. The molecule has 0 aromatic heterocycles. The monoisotopic (exact) mass is 445 g/mol. The zero-order chi connectivity index (χ0) is 21.1. The molecular formula is C23H25Cl2N3O2. The van der Waals surface area contributed by atoms with E-state index in [0.29, 0.717) is 15.6 Å². The number of anilines is 1. The van der Waals surface area contributed by atoms with Crippen molar-refractivity contribution in [2.45, 2.75) is 31.7 Å². The molecule has 0 bridgehead atoms. The number of hydrogen-bond donors (Lipinski definition) is 1.